The van der Waals surface area contributed by atoms with Crippen LogP contribution in [0.5, 0.6) is 5.75 Å². The average Bonchev–Trinajstić information content (AvgIpc) is 2.98. The van der Waals surface area contributed by atoms with Crippen LogP contribution in [0.15, 0.2) is 83.7 Å². The second-order valence-electron chi connectivity index (χ2n) is 10.1. The van der Waals surface area contributed by atoms with Crippen LogP contribution in [0.3, 0.4) is 0 Å². The smallest absolute Gasteiger partial charge is 0.266 e. The summed E-state index contributed by atoms with van der Waals surface area (Å²) in [6.07, 6.45) is 5.91. The van der Waals surface area contributed by atoms with Crippen molar-refractivity contribution in [3.05, 3.63) is 101 Å². The Morgan fingerprint density at radius 2 is 1.66 bits per heavy atom. The molecule has 4 aromatic rings. The van der Waals surface area contributed by atoms with E-state index in [9.17, 15) is 9.59 Å². The van der Waals surface area contributed by atoms with E-state index in [2.05, 4.69) is 12.1 Å². The Balaban J connectivity index is 1.63. The van der Waals surface area contributed by atoms with E-state index in [0.717, 1.165) is 32.1 Å². The standard InChI is InChI=1S/C32H35N3O3/c1-23(34(22-21-24-13-5-3-6-14-24)31(36)25-15-7-4-8-16-25)30-33-27-18-10-9-17-26(27)32(37)35(30)28-19-11-12-20-29(28)38-2/h3,5-6,9-14,17-20,23,25H,4,7-8,15-16,21-22H2,1-2H3. The van der Waals surface area contributed by atoms with Crippen molar-refractivity contribution in [2.45, 2.75) is 51.5 Å². The molecule has 1 aliphatic rings. The summed E-state index contributed by atoms with van der Waals surface area (Å²) < 4.78 is 7.28. The molecular weight excluding hydrogens is 474 g/mol. The normalized spacial score (nSPS) is 14.8. The van der Waals surface area contributed by atoms with E-state index in [1.54, 1.807) is 17.7 Å². The van der Waals surface area contributed by atoms with Crippen LogP contribution in [0, 0.1) is 5.92 Å². The van der Waals surface area contributed by atoms with Crippen molar-refractivity contribution in [1.29, 1.82) is 0 Å². The Bertz CT molecular complexity index is 1460. The summed E-state index contributed by atoms with van der Waals surface area (Å²) in [5, 5.41) is 0.531. The molecular formula is C32H35N3O3. The molecule has 196 valence electrons. The van der Waals surface area contributed by atoms with Gasteiger partial charge in [-0.1, -0.05) is 73.9 Å². The molecule has 3 aromatic carbocycles. The molecule has 1 aliphatic carbocycles. The van der Waals surface area contributed by atoms with Crippen molar-refractivity contribution in [2.75, 3.05) is 13.7 Å². The minimum Gasteiger partial charge on any atom is -0.495 e. The number of carbonyl (C=O) groups excluding carboxylic acids is 1. The number of para-hydroxylation sites is 3. The average molecular weight is 510 g/mol. The van der Waals surface area contributed by atoms with Gasteiger partial charge in [0.25, 0.3) is 5.56 Å². The predicted molar refractivity (Wildman–Crippen MR) is 151 cm³/mol. The zero-order chi connectivity index (χ0) is 26.5. The van der Waals surface area contributed by atoms with Crippen LogP contribution in [0.4, 0.5) is 0 Å². The summed E-state index contributed by atoms with van der Waals surface area (Å²) in [6.45, 7) is 2.54. The lowest BCUT2D eigenvalue weighted by atomic mass is 9.88. The van der Waals surface area contributed by atoms with E-state index >= 15 is 0 Å². The molecule has 1 unspecified atom stereocenters. The van der Waals surface area contributed by atoms with E-state index < -0.39 is 6.04 Å². The molecule has 1 heterocycles. The predicted octanol–water partition coefficient (Wildman–Crippen LogP) is 6.11. The van der Waals surface area contributed by atoms with E-state index in [0.29, 0.717) is 34.7 Å². The molecule has 5 rings (SSSR count). The number of hydrogen-bond donors (Lipinski definition) is 0. The number of methoxy groups -OCH3 is 1. The van der Waals surface area contributed by atoms with Gasteiger partial charge in [-0.15, -0.1) is 0 Å². The first kappa shape index (κ1) is 25.7. The van der Waals surface area contributed by atoms with Gasteiger partial charge in [0.2, 0.25) is 5.91 Å². The lowest BCUT2D eigenvalue weighted by molar-refractivity contribution is -0.139. The molecule has 0 saturated heterocycles. The minimum atomic E-state index is -0.421. The molecule has 0 aliphatic heterocycles. The summed E-state index contributed by atoms with van der Waals surface area (Å²) in [5.74, 6) is 1.28. The summed E-state index contributed by atoms with van der Waals surface area (Å²) in [5.41, 5.74) is 2.25. The molecule has 0 spiro atoms. The molecule has 6 heteroatoms. The highest BCUT2D eigenvalue weighted by molar-refractivity contribution is 5.80. The van der Waals surface area contributed by atoms with E-state index in [-0.39, 0.29) is 17.4 Å². The van der Waals surface area contributed by atoms with E-state index in [1.165, 1.54) is 12.0 Å². The first-order valence-electron chi connectivity index (χ1n) is 13.6. The highest BCUT2D eigenvalue weighted by atomic mass is 16.5. The molecule has 0 radical (unpaired) electrons. The van der Waals surface area contributed by atoms with Crippen molar-refractivity contribution in [2.24, 2.45) is 5.92 Å². The SMILES string of the molecule is COc1ccccc1-n1c(C(C)N(CCc2ccccc2)C(=O)C2CCCCC2)nc2ccccc2c1=O. The lowest BCUT2D eigenvalue weighted by Crippen LogP contribution is -2.42. The first-order valence-corrected chi connectivity index (χ1v) is 13.6. The van der Waals surface area contributed by atoms with Crippen molar-refractivity contribution in [3.63, 3.8) is 0 Å². The number of nitrogens with zero attached hydrogens (tertiary/aromatic N) is 3. The van der Waals surface area contributed by atoms with Gasteiger partial charge in [-0.25, -0.2) is 4.98 Å². The van der Waals surface area contributed by atoms with E-state index in [1.807, 2.05) is 72.5 Å². The van der Waals surface area contributed by atoms with Crippen LogP contribution in [0.2, 0.25) is 0 Å². The number of fused-ring (bicyclic) bond motifs is 1. The summed E-state index contributed by atoms with van der Waals surface area (Å²) in [4.78, 5) is 35.0. The maximum atomic E-state index is 14.0. The van der Waals surface area contributed by atoms with Crippen molar-refractivity contribution in [3.8, 4) is 11.4 Å². The second kappa shape index (κ2) is 11.6. The zero-order valence-corrected chi connectivity index (χ0v) is 22.2. The van der Waals surface area contributed by atoms with Crippen LogP contribution in [0.25, 0.3) is 16.6 Å². The Morgan fingerprint density at radius 3 is 2.42 bits per heavy atom. The number of ether oxygens (including phenoxy) is 1. The van der Waals surface area contributed by atoms with Crippen molar-refractivity contribution in [1.82, 2.24) is 14.5 Å². The highest BCUT2D eigenvalue weighted by Crippen LogP contribution is 2.31. The van der Waals surface area contributed by atoms with Gasteiger partial charge in [-0.3, -0.25) is 14.2 Å². The Hall–Kier alpha value is -3.93. The largest absolute Gasteiger partial charge is 0.495 e. The van der Waals surface area contributed by atoms with Crippen molar-refractivity contribution < 1.29 is 9.53 Å². The fourth-order valence-corrected chi connectivity index (χ4v) is 5.59. The number of benzene rings is 3. The fraction of sp³-hybridized carbons (Fsp3) is 0.344. The maximum absolute atomic E-state index is 14.0. The molecule has 38 heavy (non-hydrogen) atoms. The van der Waals surface area contributed by atoms with Gasteiger partial charge in [0, 0.05) is 12.5 Å². The molecule has 6 nitrogen and oxygen atoms in total. The molecule has 0 N–H and O–H groups in total. The molecule has 0 bridgehead atoms. The highest BCUT2D eigenvalue weighted by Gasteiger charge is 2.32. The van der Waals surface area contributed by atoms with Crippen LogP contribution in [-0.2, 0) is 11.2 Å². The summed E-state index contributed by atoms with van der Waals surface area (Å²) in [7, 11) is 1.60. The molecule has 1 atom stereocenters. The quantitative estimate of drug-likeness (QED) is 0.288. The third kappa shape index (κ3) is 5.21. The fourth-order valence-electron chi connectivity index (χ4n) is 5.59. The lowest BCUT2D eigenvalue weighted by Gasteiger charge is -2.34. The van der Waals surface area contributed by atoms with Crippen LogP contribution < -0.4 is 10.3 Å². The third-order valence-corrected chi connectivity index (χ3v) is 7.69. The van der Waals surface area contributed by atoms with Crippen LogP contribution in [0.1, 0.15) is 56.5 Å². The van der Waals surface area contributed by atoms with Gasteiger partial charge in [0.05, 0.1) is 29.7 Å². The molecule has 1 aromatic heterocycles. The van der Waals surface area contributed by atoms with Crippen LogP contribution in [-0.4, -0.2) is 34.0 Å². The number of carbonyl (C=O) groups is 1. The van der Waals surface area contributed by atoms with Gasteiger partial charge in [-0.2, -0.15) is 0 Å². The van der Waals surface area contributed by atoms with Gasteiger partial charge in [-0.05, 0) is 56.0 Å². The van der Waals surface area contributed by atoms with Crippen LogP contribution >= 0.6 is 0 Å². The monoisotopic (exact) mass is 509 g/mol. The zero-order valence-electron chi connectivity index (χ0n) is 22.2. The number of amides is 1. The van der Waals surface area contributed by atoms with Gasteiger partial charge in [0.15, 0.2) is 0 Å². The molecule has 1 fully saturated rings. The second-order valence-corrected chi connectivity index (χ2v) is 10.1. The van der Waals surface area contributed by atoms with Gasteiger partial charge in [0.1, 0.15) is 11.6 Å². The van der Waals surface area contributed by atoms with Gasteiger partial charge >= 0.3 is 0 Å². The number of hydrogen-bond acceptors (Lipinski definition) is 4. The Morgan fingerprint density at radius 1 is 0.974 bits per heavy atom. The number of rotatable bonds is 8. The Kier molecular flexibility index (Phi) is 7.87. The molecule has 1 saturated carbocycles. The Labute approximate surface area is 223 Å². The van der Waals surface area contributed by atoms with E-state index in [4.69, 9.17) is 9.72 Å². The van der Waals surface area contributed by atoms with Gasteiger partial charge < -0.3 is 9.64 Å². The maximum Gasteiger partial charge on any atom is 0.266 e. The summed E-state index contributed by atoms with van der Waals surface area (Å²) >= 11 is 0. The molecule has 1 amide bonds. The first-order chi connectivity index (χ1) is 18.6. The minimum absolute atomic E-state index is 0.00821. The van der Waals surface area contributed by atoms with Crippen molar-refractivity contribution >= 4 is 16.8 Å². The summed E-state index contributed by atoms with van der Waals surface area (Å²) in [6, 6.07) is 24.7. The topological polar surface area (TPSA) is 64.4 Å². The third-order valence-electron chi connectivity index (χ3n) is 7.69. The number of aromatic nitrogens is 2.